The van der Waals surface area contributed by atoms with Crippen LogP contribution in [-0.4, -0.2) is 49.0 Å². The van der Waals surface area contributed by atoms with E-state index in [1.807, 2.05) is 36.1 Å². The highest BCUT2D eigenvalue weighted by atomic mass is 16.5. The molecule has 1 aromatic rings. The quantitative estimate of drug-likeness (QED) is 0.882. The van der Waals surface area contributed by atoms with E-state index < -0.39 is 0 Å². The average Bonchev–Trinajstić information content (AvgIpc) is 3.06. The van der Waals surface area contributed by atoms with Gasteiger partial charge in [-0.25, -0.2) is 0 Å². The van der Waals surface area contributed by atoms with Gasteiger partial charge in [-0.3, -0.25) is 9.59 Å². The van der Waals surface area contributed by atoms with E-state index in [1.54, 1.807) is 4.90 Å². The van der Waals surface area contributed by atoms with Crippen LogP contribution in [0.5, 0.6) is 5.75 Å². The lowest BCUT2D eigenvalue weighted by Gasteiger charge is -2.33. The van der Waals surface area contributed by atoms with Gasteiger partial charge in [0.15, 0.2) is 6.61 Å². The number of rotatable bonds is 5. The molecule has 2 heterocycles. The van der Waals surface area contributed by atoms with Gasteiger partial charge >= 0.3 is 0 Å². The fourth-order valence-electron chi connectivity index (χ4n) is 3.57. The van der Waals surface area contributed by atoms with Crippen LogP contribution in [0, 0.1) is 5.92 Å². The number of benzene rings is 1. The number of amides is 2. The zero-order valence-corrected chi connectivity index (χ0v) is 14.8. The highest BCUT2D eigenvalue weighted by Gasteiger charge is 2.25. The summed E-state index contributed by atoms with van der Waals surface area (Å²) >= 11 is 0. The van der Waals surface area contributed by atoms with Gasteiger partial charge in [0, 0.05) is 43.9 Å². The maximum absolute atomic E-state index is 12.3. The molecule has 2 aliphatic heterocycles. The van der Waals surface area contributed by atoms with Gasteiger partial charge in [0.1, 0.15) is 5.75 Å². The summed E-state index contributed by atoms with van der Waals surface area (Å²) in [5, 5.41) is 0. The first-order chi connectivity index (χ1) is 12.0. The normalized spacial score (nSPS) is 20.0. The molecule has 6 nitrogen and oxygen atoms in total. The predicted octanol–water partition coefficient (Wildman–Crippen LogP) is 1.78. The molecule has 2 fully saturated rings. The summed E-state index contributed by atoms with van der Waals surface area (Å²) in [4.78, 5) is 27.8. The Kier molecular flexibility index (Phi) is 5.58. The van der Waals surface area contributed by atoms with Crippen LogP contribution in [0.3, 0.4) is 0 Å². The molecule has 0 saturated carbocycles. The van der Waals surface area contributed by atoms with E-state index in [2.05, 4.69) is 0 Å². The van der Waals surface area contributed by atoms with Gasteiger partial charge in [-0.05, 0) is 44.2 Å². The van der Waals surface area contributed by atoms with Crippen LogP contribution in [0.2, 0.25) is 0 Å². The van der Waals surface area contributed by atoms with Crippen molar-refractivity contribution in [3.63, 3.8) is 0 Å². The molecular formula is C19H27N3O3. The maximum atomic E-state index is 12.3. The minimum absolute atomic E-state index is 0.00535. The molecule has 3 rings (SSSR count). The molecule has 2 amide bonds. The zero-order valence-electron chi connectivity index (χ0n) is 14.8. The smallest absolute Gasteiger partial charge is 0.260 e. The van der Waals surface area contributed by atoms with E-state index in [0.29, 0.717) is 18.1 Å². The summed E-state index contributed by atoms with van der Waals surface area (Å²) in [5.41, 5.74) is 6.78. The third kappa shape index (κ3) is 4.31. The molecule has 25 heavy (non-hydrogen) atoms. The van der Waals surface area contributed by atoms with Crippen molar-refractivity contribution in [1.29, 1.82) is 0 Å². The monoisotopic (exact) mass is 345 g/mol. The molecule has 0 radical (unpaired) electrons. The Morgan fingerprint density at radius 1 is 1.32 bits per heavy atom. The Morgan fingerprint density at radius 3 is 2.72 bits per heavy atom. The molecule has 1 aromatic carbocycles. The van der Waals surface area contributed by atoms with Crippen molar-refractivity contribution >= 4 is 17.5 Å². The van der Waals surface area contributed by atoms with Crippen molar-refractivity contribution in [1.82, 2.24) is 4.90 Å². The van der Waals surface area contributed by atoms with Crippen molar-refractivity contribution < 1.29 is 14.3 Å². The zero-order chi connectivity index (χ0) is 17.8. The minimum Gasteiger partial charge on any atom is -0.484 e. The molecule has 0 aromatic heterocycles. The molecule has 6 heteroatoms. The van der Waals surface area contributed by atoms with Gasteiger partial charge in [0.25, 0.3) is 5.91 Å². The first-order valence-electron chi connectivity index (χ1n) is 9.11. The molecule has 0 aliphatic carbocycles. The summed E-state index contributed by atoms with van der Waals surface area (Å²) in [7, 11) is 0. The Balaban J connectivity index is 1.52. The molecule has 136 valence electrons. The molecule has 2 aliphatic rings. The number of carbonyl (C=O) groups excluding carboxylic acids is 2. The minimum atomic E-state index is 0.00535. The number of likely N-dealkylation sites (tertiary alicyclic amines) is 1. The van der Waals surface area contributed by atoms with E-state index >= 15 is 0 Å². The highest BCUT2D eigenvalue weighted by Crippen LogP contribution is 2.25. The van der Waals surface area contributed by atoms with E-state index in [4.69, 9.17) is 10.5 Å². The number of hydrogen-bond donors (Lipinski definition) is 1. The third-order valence-corrected chi connectivity index (χ3v) is 5.20. The highest BCUT2D eigenvalue weighted by molar-refractivity contribution is 5.95. The summed E-state index contributed by atoms with van der Waals surface area (Å²) in [6.45, 7) is 4.30. The number of piperidine rings is 1. The maximum Gasteiger partial charge on any atom is 0.260 e. The number of hydrogen-bond acceptors (Lipinski definition) is 4. The molecule has 1 unspecified atom stereocenters. The first kappa shape index (κ1) is 17.7. The van der Waals surface area contributed by atoms with Crippen LogP contribution in [0.4, 0.5) is 5.69 Å². The second kappa shape index (κ2) is 7.87. The van der Waals surface area contributed by atoms with Crippen LogP contribution in [0.25, 0.3) is 0 Å². The molecule has 2 saturated heterocycles. The van der Waals surface area contributed by atoms with Crippen LogP contribution in [0.1, 0.15) is 32.6 Å². The van der Waals surface area contributed by atoms with E-state index in [-0.39, 0.29) is 24.5 Å². The number of anilines is 1. The van der Waals surface area contributed by atoms with Crippen molar-refractivity contribution in [3.05, 3.63) is 24.3 Å². The summed E-state index contributed by atoms with van der Waals surface area (Å²) in [6.07, 6.45) is 3.40. The van der Waals surface area contributed by atoms with Gasteiger partial charge in [-0.15, -0.1) is 0 Å². The van der Waals surface area contributed by atoms with Gasteiger partial charge in [0.05, 0.1) is 0 Å². The van der Waals surface area contributed by atoms with E-state index in [0.717, 1.165) is 44.6 Å². The Morgan fingerprint density at radius 2 is 2.08 bits per heavy atom. The van der Waals surface area contributed by atoms with Gasteiger partial charge in [-0.1, -0.05) is 6.07 Å². The molecule has 1 atom stereocenters. The third-order valence-electron chi connectivity index (χ3n) is 5.20. The second-order valence-corrected chi connectivity index (χ2v) is 7.01. The predicted molar refractivity (Wildman–Crippen MR) is 96.5 cm³/mol. The Labute approximate surface area is 148 Å². The van der Waals surface area contributed by atoms with Crippen LogP contribution < -0.4 is 15.4 Å². The van der Waals surface area contributed by atoms with Crippen molar-refractivity contribution in [3.8, 4) is 5.75 Å². The topological polar surface area (TPSA) is 75.9 Å². The van der Waals surface area contributed by atoms with Crippen LogP contribution in [-0.2, 0) is 9.59 Å². The molecule has 0 spiro atoms. The Hall–Kier alpha value is -2.08. The van der Waals surface area contributed by atoms with E-state index in [1.165, 1.54) is 0 Å². The lowest BCUT2D eigenvalue weighted by atomic mass is 9.91. The first-order valence-corrected chi connectivity index (χ1v) is 9.11. The van der Waals surface area contributed by atoms with Gasteiger partial charge in [-0.2, -0.15) is 0 Å². The summed E-state index contributed by atoms with van der Waals surface area (Å²) < 4.78 is 5.68. The number of nitrogens with two attached hydrogens (primary N) is 1. The fourth-order valence-corrected chi connectivity index (χ4v) is 3.57. The molecule has 0 bridgehead atoms. The lowest BCUT2D eigenvalue weighted by molar-refractivity contribution is -0.134. The van der Waals surface area contributed by atoms with Crippen molar-refractivity contribution in [2.45, 2.75) is 38.6 Å². The van der Waals surface area contributed by atoms with Gasteiger partial charge < -0.3 is 20.3 Å². The summed E-state index contributed by atoms with van der Waals surface area (Å²) in [6, 6.07) is 7.59. The number of ether oxygens (including phenoxy) is 1. The van der Waals surface area contributed by atoms with Crippen molar-refractivity contribution in [2.75, 3.05) is 31.1 Å². The van der Waals surface area contributed by atoms with Crippen LogP contribution in [0.15, 0.2) is 24.3 Å². The van der Waals surface area contributed by atoms with Crippen LogP contribution >= 0.6 is 0 Å². The average molecular weight is 345 g/mol. The fraction of sp³-hybridized carbons (Fsp3) is 0.579. The summed E-state index contributed by atoms with van der Waals surface area (Å²) in [5.74, 6) is 1.27. The van der Waals surface area contributed by atoms with Gasteiger partial charge in [0.2, 0.25) is 5.91 Å². The largest absolute Gasteiger partial charge is 0.484 e. The standard InChI is InChI=1S/C19H27N3O3/c1-14(20)15-7-10-21(11-8-15)19(24)13-25-17-5-2-4-16(12-17)22-9-3-6-18(22)23/h2,4-5,12,14-15H,3,6-11,13,20H2,1H3. The SMILES string of the molecule is CC(N)C1CCN(C(=O)COc2cccc(N3CCCC3=O)c2)CC1. The molecular weight excluding hydrogens is 318 g/mol. The lowest BCUT2D eigenvalue weighted by Crippen LogP contribution is -2.44. The van der Waals surface area contributed by atoms with E-state index in [9.17, 15) is 9.59 Å². The number of carbonyl (C=O) groups is 2. The Bertz CT molecular complexity index is 624. The molecule has 2 N–H and O–H groups in total. The number of nitrogens with zero attached hydrogens (tertiary/aromatic N) is 2. The van der Waals surface area contributed by atoms with Crippen molar-refractivity contribution in [2.24, 2.45) is 11.7 Å². The second-order valence-electron chi connectivity index (χ2n) is 7.01.